The maximum atomic E-state index is 12.8. The minimum atomic E-state index is -0.389. The number of hydrogen-bond donors (Lipinski definition) is 2. The molecule has 0 bridgehead atoms. The van der Waals surface area contributed by atoms with Gasteiger partial charge in [0.1, 0.15) is 5.75 Å². The van der Waals surface area contributed by atoms with Crippen LogP contribution >= 0.6 is 0 Å². The highest BCUT2D eigenvalue weighted by molar-refractivity contribution is 6.10. The standard InChI is InChI=1S/C21H17N3O3/c1-24-17-9-5-6-10-19(17)27-18-12-11-15(13-16(18)20(24)25)23-21(26)22-14-7-3-2-4-8-14/h2-13H,1H3,(H2,22,23,26). The molecule has 3 aromatic rings. The molecule has 6 heteroatoms. The van der Waals surface area contributed by atoms with Gasteiger partial charge in [0.2, 0.25) is 0 Å². The van der Waals surface area contributed by atoms with Crippen LogP contribution in [0.3, 0.4) is 0 Å². The fourth-order valence-corrected chi connectivity index (χ4v) is 2.91. The lowest BCUT2D eigenvalue weighted by Gasteiger charge is -2.16. The molecule has 0 aliphatic carbocycles. The smallest absolute Gasteiger partial charge is 0.323 e. The Morgan fingerprint density at radius 1 is 0.852 bits per heavy atom. The molecule has 0 aromatic heterocycles. The third-order valence-electron chi connectivity index (χ3n) is 4.25. The summed E-state index contributed by atoms with van der Waals surface area (Å²) in [6.45, 7) is 0. The molecule has 1 heterocycles. The second-order valence-corrected chi connectivity index (χ2v) is 6.09. The zero-order valence-electron chi connectivity index (χ0n) is 14.6. The first-order chi connectivity index (χ1) is 13.1. The number of nitrogens with zero attached hydrogens (tertiary/aromatic N) is 1. The SMILES string of the molecule is CN1C(=O)c2cc(NC(=O)Nc3ccccc3)ccc2Oc2ccccc21. The fourth-order valence-electron chi connectivity index (χ4n) is 2.91. The third kappa shape index (κ3) is 3.32. The monoisotopic (exact) mass is 359 g/mol. The summed E-state index contributed by atoms with van der Waals surface area (Å²) in [4.78, 5) is 26.6. The van der Waals surface area contributed by atoms with Crippen LogP contribution in [0.4, 0.5) is 21.9 Å². The number of fused-ring (bicyclic) bond motifs is 2. The molecule has 3 aromatic carbocycles. The minimum Gasteiger partial charge on any atom is -0.454 e. The van der Waals surface area contributed by atoms with Gasteiger partial charge in [-0.3, -0.25) is 4.79 Å². The summed E-state index contributed by atoms with van der Waals surface area (Å²) in [5, 5.41) is 5.48. The lowest BCUT2D eigenvalue weighted by molar-refractivity contribution is 0.0993. The van der Waals surface area contributed by atoms with Crippen LogP contribution in [0, 0.1) is 0 Å². The van der Waals surface area contributed by atoms with E-state index in [1.807, 2.05) is 42.5 Å². The molecule has 0 saturated carbocycles. The highest BCUT2D eigenvalue weighted by atomic mass is 16.5. The van der Waals surface area contributed by atoms with E-state index in [0.29, 0.717) is 34.1 Å². The Kier molecular flexibility index (Phi) is 4.22. The predicted molar refractivity (Wildman–Crippen MR) is 105 cm³/mol. The van der Waals surface area contributed by atoms with E-state index < -0.39 is 0 Å². The third-order valence-corrected chi connectivity index (χ3v) is 4.25. The van der Waals surface area contributed by atoms with Crippen LogP contribution in [-0.4, -0.2) is 19.0 Å². The molecule has 0 unspecified atom stereocenters. The van der Waals surface area contributed by atoms with Crippen LogP contribution in [0.2, 0.25) is 0 Å². The zero-order chi connectivity index (χ0) is 18.8. The summed E-state index contributed by atoms with van der Waals surface area (Å²) in [6.07, 6.45) is 0. The number of carbonyl (C=O) groups is 2. The molecule has 4 rings (SSSR count). The molecule has 3 amide bonds. The lowest BCUT2D eigenvalue weighted by Crippen LogP contribution is -2.25. The van der Waals surface area contributed by atoms with E-state index in [2.05, 4.69) is 10.6 Å². The first-order valence-electron chi connectivity index (χ1n) is 8.44. The van der Waals surface area contributed by atoms with E-state index >= 15 is 0 Å². The zero-order valence-corrected chi connectivity index (χ0v) is 14.6. The Bertz CT molecular complexity index is 1020. The number of carbonyl (C=O) groups excluding carboxylic acids is 2. The number of hydrogen-bond acceptors (Lipinski definition) is 3. The summed E-state index contributed by atoms with van der Waals surface area (Å²) < 4.78 is 5.91. The molecule has 0 atom stereocenters. The second kappa shape index (κ2) is 6.84. The maximum absolute atomic E-state index is 12.8. The Morgan fingerprint density at radius 2 is 1.56 bits per heavy atom. The van der Waals surface area contributed by atoms with Crippen molar-refractivity contribution >= 4 is 29.0 Å². The van der Waals surface area contributed by atoms with Crippen molar-refractivity contribution in [2.75, 3.05) is 22.6 Å². The quantitative estimate of drug-likeness (QED) is 0.696. The number of urea groups is 1. The average molecular weight is 359 g/mol. The van der Waals surface area contributed by atoms with E-state index in [4.69, 9.17) is 4.74 Å². The summed E-state index contributed by atoms with van der Waals surface area (Å²) >= 11 is 0. The topological polar surface area (TPSA) is 70.7 Å². The van der Waals surface area contributed by atoms with Crippen LogP contribution in [0.1, 0.15) is 10.4 Å². The Balaban J connectivity index is 1.59. The molecule has 1 aliphatic heterocycles. The van der Waals surface area contributed by atoms with Crippen molar-refractivity contribution in [3.05, 3.63) is 78.4 Å². The van der Waals surface area contributed by atoms with Gasteiger partial charge in [0.05, 0.1) is 11.3 Å². The van der Waals surface area contributed by atoms with Gasteiger partial charge in [-0.15, -0.1) is 0 Å². The first kappa shape index (κ1) is 16.7. The van der Waals surface area contributed by atoms with E-state index in [0.717, 1.165) is 0 Å². The van der Waals surface area contributed by atoms with Gasteiger partial charge in [-0.25, -0.2) is 4.79 Å². The molecule has 27 heavy (non-hydrogen) atoms. The van der Waals surface area contributed by atoms with Crippen molar-refractivity contribution in [2.45, 2.75) is 0 Å². The molecule has 1 aliphatic rings. The van der Waals surface area contributed by atoms with Gasteiger partial charge in [-0.1, -0.05) is 30.3 Å². The van der Waals surface area contributed by atoms with Crippen molar-refractivity contribution in [3.8, 4) is 11.5 Å². The molecule has 0 saturated heterocycles. The molecule has 2 N–H and O–H groups in total. The van der Waals surface area contributed by atoms with Gasteiger partial charge in [0, 0.05) is 18.4 Å². The van der Waals surface area contributed by atoms with Crippen LogP contribution in [0.25, 0.3) is 0 Å². The van der Waals surface area contributed by atoms with Gasteiger partial charge in [0.15, 0.2) is 5.75 Å². The summed E-state index contributed by atoms with van der Waals surface area (Å²) in [6, 6.07) is 21.1. The summed E-state index contributed by atoms with van der Waals surface area (Å²) in [5.74, 6) is 0.850. The molecular weight excluding hydrogens is 342 g/mol. The number of para-hydroxylation sites is 3. The normalized spacial score (nSPS) is 12.3. The van der Waals surface area contributed by atoms with E-state index in [1.165, 1.54) is 4.90 Å². The van der Waals surface area contributed by atoms with E-state index in [9.17, 15) is 9.59 Å². The maximum Gasteiger partial charge on any atom is 0.323 e. The summed E-state index contributed by atoms with van der Waals surface area (Å²) in [7, 11) is 1.70. The van der Waals surface area contributed by atoms with Gasteiger partial charge in [-0.2, -0.15) is 0 Å². The number of rotatable bonds is 2. The number of nitrogens with one attached hydrogen (secondary N) is 2. The van der Waals surface area contributed by atoms with Crippen molar-refractivity contribution < 1.29 is 14.3 Å². The van der Waals surface area contributed by atoms with E-state index in [-0.39, 0.29) is 11.9 Å². The largest absolute Gasteiger partial charge is 0.454 e. The molecular formula is C21H17N3O3. The van der Waals surface area contributed by atoms with Gasteiger partial charge >= 0.3 is 6.03 Å². The van der Waals surface area contributed by atoms with Crippen LogP contribution in [0.5, 0.6) is 11.5 Å². The van der Waals surface area contributed by atoms with Crippen molar-refractivity contribution in [1.29, 1.82) is 0 Å². The van der Waals surface area contributed by atoms with E-state index in [1.54, 1.807) is 37.4 Å². The molecule has 6 nitrogen and oxygen atoms in total. The molecule has 134 valence electrons. The van der Waals surface area contributed by atoms with Crippen LogP contribution < -0.4 is 20.3 Å². The molecule has 0 spiro atoms. The van der Waals surface area contributed by atoms with Gasteiger partial charge in [-0.05, 0) is 42.5 Å². The van der Waals surface area contributed by atoms with Crippen molar-refractivity contribution in [3.63, 3.8) is 0 Å². The highest BCUT2D eigenvalue weighted by Gasteiger charge is 2.25. The average Bonchev–Trinajstić information content (AvgIpc) is 2.78. The number of ether oxygens (including phenoxy) is 1. The Morgan fingerprint density at radius 3 is 2.37 bits per heavy atom. The second-order valence-electron chi connectivity index (χ2n) is 6.09. The first-order valence-corrected chi connectivity index (χ1v) is 8.44. The van der Waals surface area contributed by atoms with Crippen LogP contribution in [0.15, 0.2) is 72.8 Å². The van der Waals surface area contributed by atoms with Crippen molar-refractivity contribution in [2.24, 2.45) is 0 Å². The Hall–Kier alpha value is -3.80. The van der Waals surface area contributed by atoms with Crippen LogP contribution in [-0.2, 0) is 0 Å². The number of anilines is 3. The number of amides is 3. The fraction of sp³-hybridized carbons (Fsp3) is 0.0476. The molecule has 0 radical (unpaired) electrons. The highest BCUT2D eigenvalue weighted by Crippen LogP contribution is 2.38. The van der Waals surface area contributed by atoms with Gasteiger partial charge in [0.25, 0.3) is 5.91 Å². The lowest BCUT2D eigenvalue weighted by atomic mass is 10.1. The van der Waals surface area contributed by atoms with Crippen molar-refractivity contribution in [1.82, 2.24) is 0 Å². The van der Waals surface area contributed by atoms with Gasteiger partial charge < -0.3 is 20.3 Å². The summed E-state index contributed by atoms with van der Waals surface area (Å²) in [5.41, 5.74) is 2.25. The Labute approximate surface area is 156 Å². The minimum absolute atomic E-state index is 0.206. The molecule has 0 fully saturated rings. The number of benzene rings is 3. The predicted octanol–water partition coefficient (Wildman–Crippen LogP) is 4.71.